The number of H-pyrrole nitrogens is 1. The third-order valence-electron chi connectivity index (χ3n) is 4.34. The van der Waals surface area contributed by atoms with Crippen LogP contribution in [0, 0.1) is 0 Å². The summed E-state index contributed by atoms with van der Waals surface area (Å²) in [6, 6.07) is 12.6. The van der Waals surface area contributed by atoms with E-state index in [0.717, 1.165) is 28.0 Å². The second-order valence-electron chi connectivity index (χ2n) is 6.19. The molecule has 4 rings (SSSR count). The second kappa shape index (κ2) is 7.76. The molecule has 7 nitrogen and oxygen atoms in total. The Labute approximate surface area is 169 Å². The van der Waals surface area contributed by atoms with Gasteiger partial charge in [0.1, 0.15) is 17.3 Å². The number of carbonyl (C=O) groups excluding carboxylic acids is 1. The quantitative estimate of drug-likeness (QED) is 0.633. The number of anilines is 2. The van der Waals surface area contributed by atoms with Gasteiger partial charge in [0, 0.05) is 16.5 Å². The molecule has 1 aromatic heterocycles. The second-order valence-corrected chi connectivity index (χ2v) is 7.21. The molecule has 0 bridgehead atoms. The number of nitrogens with zero attached hydrogens (tertiary/aromatic N) is 1. The molecule has 8 heteroatoms. The van der Waals surface area contributed by atoms with Crippen LogP contribution in [0.15, 0.2) is 57.8 Å². The third kappa shape index (κ3) is 3.97. The molecule has 2 aromatic carbocycles. The minimum Gasteiger partial charge on any atom is -0.497 e. The van der Waals surface area contributed by atoms with E-state index in [1.165, 1.54) is 0 Å². The van der Waals surface area contributed by atoms with E-state index in [-0.39, 0.29) is 10.8 Å². The number of hydrogen-bond donors (Lipinski definition) is 2. The summed E-state index contributed by atoms with van der Waals surface area (Å²) in [5.74, 6) is 1.56. The van der Waals surface area contributed by atoms with Crippen LogP contribution in [0.4, 0.5) is 11.5 Å². The van der Waals surface area contributed by atoms with Crippen LogP contribution in [0.5, 0.6) is 11.5 Å². The zero-order valence-electron chi connectivity index (χ0n) is 15.7. The molecule has 0 aliphatic carbocycles. The van der Waals surface area contributed by atoms with Crippen LogP contribution in [0.1, 0.15) is 4.88 Å². The van der Waals surface area contributed by atoms with Crippen molar-refractivity contribution in [3.05, 3.63) is 73.2 Å². The number of carbonyl (C=O) groups is 1. The molecule has 0 unspecified atom stereocenters. The topological polar surface area (TPSA) is 92.8 Å². The molecule has 0 spiro atoms. The number of ether oxygens (including phenoxy) is 2. The molecule has 0 saturated carbocycles. The van der Waals surface area contributed by atoms with Gasteiger partial charge in [-0.1, -0.05) is 11.3 Å². The highest BCUT2D eigenvalue weighted by Crippen LogP contribution is 2.25. The van der Waals surface area contributed by atoms with Crippen LogP contribution >= 0.6 is 11.3 Å². The van der Waals surface area contributed by atoms with Gasteiger partial charge < -0.3 is 14.8 Å². The van der Waals surface area contributed by atoms with Gasteiger partial charge in [-0.2, -0.15) is 0 Å². The van der Waals surface area contributed by atoms with E-state index < -0.39 is 0 Å². The Kier molecular flexibility index (Phi) is 5.01. The molecule has 1 aliphatic heterocycles. The number of nitrogens with one attached hydrogen (secondary N) is 2. The molecule has 146 valence electrons. The Morgan fingerprint density at radius 2 is 1.76 bits per heavy atom. The van der Waals surface area contributed by atoms with Gasteiger partial charge in [-0.3, -0.25) is 14.6 Å². The summed E-state index contributed by atoms with van der Waals surface area (Å²) in [5, 5.41) is 4.54. The summed E-state index contributed by atoms with van der Waals surface area (Å²) < 4.78 is 10.4. The molecule has 29 heavy (non-hydrogen) atoms. The van der Waals surface area contributed by atoms with Gasteiger partial charge in [-0.25, -0.2) is 4.99 Å². The van der Waals surface area contributed by atoms with E-state index >= 15 is 0 Å². The van der Waals surface area contributed by atoms with Crippen LogP contribution in [0.25, 0.3) is 12.2 Å². The number of rotatable bonds is 5. The summed E-state index contributed by atoms with van der Waals surface area (Å²) in [7, 11) is 3.18. The molecular weight excluding hydrogens is 390 g/mol. The average molecular weight is 407 g/mol. The van der Waals surface area contributed by atoms with Crippen molar-refractivity contribution >= 4 is 40.9 Å². The van der Waals surface area contributed by atoms with Crippen molar-refractivity contribution in [2.24, 2.45) is 4.99 Å². The van der Waals surface area contributed by atoms with Crippen LogP contribution in [-0.4, -0.2) is 25.1 Å². The zero-order valence-corrected chi connectivity index (χ0v) is 16.5. The number of aromatic nitrogens is 1. The Balaban J connectivity index is 1.71. The summed E-state index contributed by atoms with van der Waals surface area (Å²) in [4.78, 5) is 31.7. The highest BCUT2D eigenvalue weighted by atomic mass is 32.1. The summed E-state index contributed by atoms with van der Waals surface area (Å²) in [6.07, 6.45) is 3.40. The lowest BCUT2D eigenvalue weighted by molar-refractivity contribution is -0.114. The molecule has 1 amide bonds. The van der Waals surface area contributed by atoms with Gasteiger partial charge in [0.2, 0.25) is 0 Å². The minimum atomic E-state index is -0.362. The number of amides is 1. The van der Waals surface area contributed by atoms with Crippen molar-refractivity contribution < 1.29 is 14.3 Å². The standard InChI is InChI=1S/C21H17N3O4S/c1-27-15-5-3-14(4-6-15)22-19-18(29-21(26)24-19)11-13-9-12-10-16(28-2)7-8-17(12)23-20(13)25/h3-11,22H,1-2H3,(H,24,26)/b13-11+. The Hall–Kier alpha value is -3.65. The van der Waals surface area contributed by atoms with E-state index in [9.17, 15) is 9.59 Å². The SMILES string of the molecule is COc1ccc(Nc2[nH]c(=O)sc2/C=C2\C=c3cc(OC)ccc3=NC2=O)cc1. The van der Waals surface area contributed by atoms with Gasteiger partial charge >= 0.3 is 4.87 Å². The Morgan fingerprint density at radius 3 is 2.48 bits per heavy atom. The van der Waals surface area contributed by atoms with Crippen LogP contribution in [-0.2, 0) is 4.79 Å². The van der Waals surface area contributed by atoms with Gasteiger partial charge in [0.25, 0.3) is 5.91 Å². The number of aromatic amines is 1. The lowest BCUT2D eigenvalue weighted by atomic mass is 10.1. The van der Waals surface area contributed by atoms with Gasteiger partial charge in [-0.05, 0) is 54.6 Å². The van der Waals surface area contributed by atoms with Crippen molar-refractivity contribution in [1.82, 2.24) is 4.98 Å². The first-order chi connectivity index (χ1) is 14.1. The zero-order chi connectivity index (χ0) is 20.4. The minimum absolute atomic E-state index is 0.227. The van der Waals surface area contributed by atoms with E-state index in [0.29, 0.717) is 27.4 Å². The lowest BCUT2D eigenvalue weighted by Crippen LogP contribution is -2.30. The first-order valence-electron chi connectivity index (χ1n) is 8.70. The van der Waals surface area contributed by atoms with Crippen molar-refractivity contribution in [2.45, 2.75) is 0 Å². The molecule has 3 aromatic rings. The fraction of sp³-hybridized carbons (Fsp3) is 0.0952. The molecule has 0 radical (unpaired) electrons. The molecule has 2 heterocycles. The first kappa shape index (κ1) is 18.7. The fourth-order valence-corrected chi connectivity index (χ4v) is 3.62. The number of fused-ring (bicyclic) bond motifs is 1. The predicted octanol–water partition coefficient (Wildman–Crippen LogP) is 2.22. The average Bonchev–Trinajstić information content (AvgIpc) is 3.07. The van der Waals surface area contributed by atoms with Crippen molar-refractivity contribution in [3.63, 3.8) is 0 Å². The maximum Gasteiger partial charge on any atom is 0.306 e. The lowest BCUT2D eigenvalue weighted by Gasteiger charge is -2.08. The van der Waals surface area contributed by atoms with Gasteiger partial charge in [0.05, 0.1) is 24.5 Å². The Bertz CT molecular complexity index is 1290. The smallest absolute Gasteiger partial charge is 0.306 e. The maximum absolute atomic E-state index is 12.4. The van der Waals surface area contributed by atoms with Crippen LogP contribution in [0.3, 0.4) is 0 Å². The molecule has 0 fully saturated rings. The van der Waals surface area contributed by atoms with Crippen molar-refractivity contribution in [3.8, 4) is 11.5 Å². The monoisotopic (exact) mass is 407 g/mol. The number of hydrogen-bond acceptors (Lipinski definition) is 6. The van der Waals surface area contributed by atoms with Crippen LogP contribution < -0.4 is 30.2 Å². The number of methoxy groups -OCH3 is 2. The molecule has 1 aliphatic rings. The summed E-state index contributed by atoms with van der Waals surface area (Å²) in [6.45, 7) is 0. The van der Waals surface area contributed by atoms with Gasteiger partial charge in [-0.15, -0.1) is 0 Å². The molecule has 0 atom stereocenters. The fourth-order valence-electron chi connectivity index (χ4n) is 2.88. The first-order valence-corrected chi connectivity index (χ1v) is 9.52. The maximum atomic E-state index is 12.4. The predicted molar refractivity (Wildman–Crippen MR) is 112 cm³/mol. The Morgan fingerprint density at radius 1 is 1.03 bits per heavy atom. The van der Waals surface area contributed by atoms with Crippen LogP contribution in [0.2, 0.25) is 0 Å². The third-order valence-corrected chi connectivity index (χ3v) is 5.17. The highest BCUT2D eigenvalue weighted by Gasteiger charge is 2.14. The number of benzene rings is 2. The highest BCUT2D eigenvalue weighted by molar-refractivity contribution is 7.10. The van der Waals surface area contributed by atoms with E-state index in [1.807, 2.05) is 30.3 Å². The normalized spacial score (nSPS) is 14.0. The van der Waals surface area contributed by atoms with Crippen molar-refractivity contribution in [1.29, 1.82) is 0 Å². The molecule has 0 saturated heterocycles. The van der Waals surface area contributed by atoms with E-state index in [1.54, 1.807) is 38.5 Å². The van der Waals surface area contributed by atoms with E-state index in [2.05, 4.69) is 15.3 Å². The largest absolute Gasteiger partial charge is 0.497 e. The van der Waals surface area contributed by atoms with Gasteiger partial charge in [0.15, 0.2) is 0 Å². The number of thiazole rings is 1. The summed E-state index contributed by atoms with van der Waals surface area (Å²) in [5.41, 5.74) is 1.16. The molecular formula is C21H17N3O4S. The van der Waals surface area contributed by atoms with E-state index in [4.69, 9.17) is 9.47 Å². The molecule has 2 N–H and O–H groups in total. The summed E-state index contributed by atoms with van der Waals surface area (Å²) >= 11 is 1.01. The van der Waals surface area contributed by atoms with Crippen molar-refractivity contribution in [2.75, 3.05) is 19.5 Å².